The maximum atomic E-state index is 12.1. The fourth-order valence-corrected chi connectivity index (χ4v) is 2.64. The highest BCUT2D eigenvalue weighted by Crippen LogP contribution is 2.30. The van der Waals surface area contributed by atoms with Crippen LogP contribution >= 0.6 is 0 Å². The van der Waals surface area contributed by atoms with E-state index in [0.29, 0.717) is 24.6 Å². The van der Waals surface area contributed by atoms with Crippen LogP contribution < -0.4 is 20.1 Å². The molecule has 0 saturated heterocycles. The quantitative estimate of drug-likeness (QED) is 0.763. The molecule has 2 aromatic carbocycles. The lowest BCUT2D eigenvalue weighted by molar-refractivity contribution is 0.240. The molecule has 0 aliphatic rings. The molecule has 0 atom stereocenters. The van der Waals surface area contributed by atoms with Gasteiger partial charge in [0, 0.05) is 25.2 Å². The summed E-state index contributed by atoms with van der Waals surface area (Å²) >= 11 is 0. The van der Waals surface area contributed by atoms with Crippen molar-refractivity contribution in [2.24, 2.45) is 0 Å². The van der Waals surface area contributed by atoms with Crippen LogP contribution in [0.1, 0.15) is 16.7 Å². The minimum Gasteiger partial charge on any atom is -0.493 e. The minimum atomic E-state index is -0.229. The summed E-state index contributed by atoms with van der Waals surface area (Å²) in [6.45, 7) is 1.73. The molecular formula is C20H27N3O3. The van der Waals surface area contributed by atoms with Crippen molar-refractivity contribution in [2.45, 2.75) is 19.6 Å². The molecule has 0 aromatic heterocycles. The SMILES string of the molecule is COc1cccc(CNC(=O)NCc2ccc(CN(C)C)cc2)c1OC. The number of amides is 2. The summed E-state index contributed by atoms with van der Waals surface area (Å²) in [7, 11) is 7.25. The van der Waals surface area contributed by atoms with E-state index in [2.05, 4.69) is 27.7 Å². The first-order valence-electron chi connectivity index (χ1n) is 8.47. The third-order valence-electron chi connectivity index (χ3n) is 3.90. The van der Waals surface area contributed by atoms with Crippen LogP contribution in [-0.2, 0) is 19.6 Å². The maximum Gasteiger partial charge on any atom is 0.315 e. The summed E-state index contributed by atoms with van der Waals surface area (Å²) < 4.78 is 10.6. The van der Waals surface area contributed by atoms with Gasteiger partial charge in [-0.1, -0.05) is 36.4 Å². The first-order chi connectivity index (χ1) is 12.5. The number of rotatable bonds is 8. The number of hydrogen-bond donors (Lipinski definition) is 2. The number of carbonyl (C=O) groups is 1. The fourth-order valence-electron chi connectivity index (χ4n) is 2.64. The molecule has 0 aliphatic carbocycles. The lowest BCUT2D eigenvalue weighted by Gasteiger charge is -2.14. The Morgan fingerprint density at radius 2 is 1.58 bits per heavy atom. The minimum absolute atomic E-state index is 0.229. The smallest absolute Gasteiger partial charge is 0.315 e. The van der Waals surface area contributed by atoms with E-state index < -0.39 is 0 Å². The Labute approximate surface area is 155 Å². The van der Waals surface area contributed by atoms with E-state index in [0.717, 1.165) is 17.7 Å². The predicted molar refractivity (Wildman–Crippen MR) is 102 cm³/mol. The molecule has 0 unspecified atom stereocenters. The molecule has 6 heteroatoms. The fraction of sp³-hybridized carbons (Fsp3) is 0.350. The molecule has 2 rings (SSSR count). The highest BCUT2D eigenvalue weighted by atomic mass is 16.5. The summed E-state index contributed by atoms with van der Waals surface area (Å²) in [5, 5.41) is 5.70. The molecule has 0 aliphatic heterocycles. The third-order valence-corrected chi connectivity index (χ3v) is 3.90. The van der Waals surface area contributed by atoms with Crippen LogP contribution in [0.15, 0.2) is 42.5 Å². The Bertz CT molecular complexity index is 715. The lowest BCUT2D eigenvalue weighted by atomic mass is 10.1. The highest BCUT2D eigenvalue weighted by molar-refractivity contribution is 5.74. The molecule has 26 heavy (non-hydrogen) atoms. The van der Waals surface area contributed by atoms with Gasteiger partial charge in [-0.05, 0) is 31.3 Å². The van der Waals surface area contributed by atoms with Gasteiger partial charge in [0.05, 0.1) is 14.2 Å². The Morgan fingerprint density at radius 3 is 2.19 bits per heavy atom. The van der Waals surface area contributed by atoms with Crippen molar-refractivity contribution >= 4 is 6.03 Å². The van der Waals surface area contributed by atoms with Crippen molar-refractivity contribution in [3.63, 3.8) is 0 Å². The molecule has 0 spiro atoms. The van der Waals surface area contributed by atoms with E-state index in [9.17, 15) is 4.79 Å². The zero-order chi connectivity index (χ0) is 18.9. The standard InChI is InChI=1S/C20H27N3O3/c1-23(2)14-16-10-8-15(9-11-16)12-21-20(24)22-13-17-6-5-7-18(25-3)19(17)26-4/h5-11H,12-14H2,1-4H3,(H2,21,22,24). The molecule has 0 saturated carbocycles. The molecule has 140 valence electrons. The molecule has 2 N–H and O–H groups in total. The molecule has 0 bridgehead atoms. The van der Waals surface area contributed by atoms with Gasteiger partial charge in [0.2, 0.25) is 0 Å². The van der Waals surface area contributed by atoms with Gasteiger partial charge in [0.25, 0.3) is 0 Å². The Kier molecular flexibility index (Phi) is 7.29. The van der Waals surface area contributed by atoms with Gasteiger partial charge in [-0.2, -0.15) is 0 Å². The average molecular weight is 357 g/mol. The number of nitrogens with one attached hydrogen (secondary N) is 2. The van der Waals surface area contributed by atoms with Crippen molar-refractivity contribution in [3.05, 3.63) is 59.2 Å². The van der Waals surface area contributed by atoms with Crippen LogP contribution in [0.2, 0.25) is 0 Å². The zero-order valence-electron chi connectivity index (χ0n) is 15.8. The second-order valence-corrected chi connectivity index (χ2v) is 6.24. The number of nitrogens with zero attached hydrogens (tertiary/aromatic N) is 1. The number of ether oxygens (including phenoxy) is 2. The Balaban J connectivity index is 1.84. The molecule has 2 amide bonds. The van der Waals surface area contributed by atoms with Gasteiger partial charge in [-0.3, -0.25) is 0 Å². The van der Waals surface area contributed by atoms with Crippen molar-refractivity contribution in [3.8, 4) is 11.5 Å². The van der Waals surface area contributed by atoms with Crippen LogP contribution in [0.5, 0.6) is 11.5 Å². The van der Waals surface area contributed by atoms with Gasteiger partial charge in [-0.25, -0.2) is 4.79 Å². The first kappa shape index (κ1) is 19.6. The van der Waals surface area contributed by atoms with Crippen molar-refractivity contribution < 1.29 is 14.3 Å². The van der Waals surface area contributed by atoms with E-state index in [1.807, 2.05) is 44.4 Å². The van der Waals surface area contributed by atoms with Gasteiger partial charge in [-0.15, -0.1) is 0 Å². The monoisotopic (exact) mass is 357 g/mol. The van der Waals surface area contributed by atoms with Crippen molar-refractivity contribution in [2.75, 3.05) is 28.3 Å². The second-order valence-electron chi connectivity index (χ2n) is 6.24. The number of methoxy groups -OCH3 is 2. The molecule has 6 nitrogen and oxygen atoms in total. The molecule has 0 fully saturated rings. The molecule has 0 radical (unpaired) electrons. The molecule has 0 heterocycles. The second kappa shape index (κ2) is 9.68. The van der Waals surface area contributed by atoms with Crippen LogP contribution in [-0.4, -0.2) is 39.2 Å². The van der Waals surface area contributed by atoms with Crippen molar-refractivity contribution in [1.29, 1.82) is 0 Å². The third kappa shape index (κ3) is 5.67. The van der Waals surface area contributed by atoms with Gasteiger partial charge < -0.3 is 25.0 Å². The predicted octanol–water partition coefficient (Wildman–Crippen LogP) is 2.76. The van der Waals surface area contributed by atoms with Crippen LogP contribution in [0, 0.1) is 0 Å². The number of carbonyl (C=O) groups excluding carboxylic acids is 1. The zero-order valence-corrected chi connectivity index (χ0v) is 15.8. The number of benzene rings is 2. The average Bonchev–Trinajstić information content (AvgIpc) is 2.64. The van der Waals surface area contributed by atoms with Gasteiger partial charge in [0.1, 0.15) is 0 Å². The topological polar surface area (TPSA) is 62.8 Å². The van der Waals surface area contributed by atoms with E-state index in [1.54, 1.807) is 14.2 Å². The lowest BCUT2D eigenvalue weighted by Crippen LogP contribution is -2.34. The van der Waals surface area contributed by atoms with Gasteiger partial charge in [0.15, 0.2) is 11.5 Å². The normalized spacial score (nSPS) is 10.5. The van der Waals surface area contributed by atoms with E-state index in [-0.39, 0.29) is 6.03 Å². The van der Waals surface area contributed by atoms with Crippen molar-refractivity contribution in [1.82, 2.24) is 15.5 Å². The Morgan fingerprint density at radius 1 is 0.923 bits per heavy atom. The summed E-state index contributed by atoms with van der Waals surface area (Å²) in [4.78, 5) is 14.2. The molecular weight excluding hydrogens is 330 g/mol. The first-order valence-corrected chi connectivity index (χ1v) is 8.47. The van der Waals surface area contributed by atoms with E-state index >= 15 is 0 Å². The van der Waals surface area contributed by atoms with Crippen LogP contribution in [0.25, 0.3) is 0 Å². The highest BCUT2D eigenvalue weighted by Gasteiger charge is 2.10. The summed E-state index contributed by atoms with van der Waals surface area (Å²) in [6.07, 6.45) is 0. The number of hydrogen-bond acceptors (Lipinski definition) is 4. The Hall–Kier alpha value is -2.73. The largest absolute Gasteiger partial charge is 0.493 e. The van der Waals surface area contributed by atoms with Crippen LogP contribution in [0.3, 0.4) is 0 Å². The summed E-state index contributed by atoms with van der Waals surface area (Å²) in [5.74, 6) is 1.27. The summed E-state index contributed by atoms with van der Waals surface area (Å²) in [6, 6.07) is 13.6. The maximum absolute atomic E-state index is 12.1. The summed E-state index contributed by atoms with van der Waals surface area (Å²) in [5.41, 5.74) is 3.16. The van der Waals surface area contributed by atoms with E-state index in [1.165, 1.54) is 5.56 Å². The van der Waals surface area contributed by atoms with E-state index in [4.69, 9.17) is 9.47 Å². The number of para-hydroxylation sites is 1. The van der Waals surface area contributed by atoms with Crippen LogP contribution in [0.4, 0.5) is 4.79 Å². The molecule has 2 aromatic rings. The van der Waals surface area contributed by atoms with Gasteiger partial charge >= 0.3 is 6.03 Å². The number of urea groups is 1.